The van der Waals surface area contributed by atoms with Gasteiger partial charge in [-0.05, 0) is 24.7 Å². The van der Waals surface area contributed by atoms with Gasteiger partial charge < -0.3 is 10.2 Å². The zero-order chi connectivity index (χ0) is 16.8. The normalized spacial score (nSPS) is 18.0. The van der Waals surface area contributed by atoms with E-state index in [2.05, 4.69) is 19.2 Å². The minimum atomic E-state index is -0.212. The first-order valence-corrected chi connectivity index (χ1v) is 8.55. The molecular weight excluding hydrogens is 294 g/mol. The smallest absolute Gasteiger partial charge is 0.317 e. The monoisotopic (exact) mass is 321 g/mol. The van der Waals surface area contributed by atoms with E-state index in [0.717, 1.165) is 38.8 Å². The fraction of sp³-hybridized carbons (Fsp3) is 0.706. The summed E-state index contributed by atoms with van der Waals surface area (Å²) in [7, 11) is 0. The molecule has 1 fully saturated rings. The predicted octanol–water partition coefficient (Wildman–Crippen LogP) is 1.77. The zero-order valence-electron chi connectivity index (χ0n) is 14.1. The Morgan fingerprint density at radius 3 is 2.35 bits per heavy atom. The molecule has 0 aromatic heterocycles. The summed E-state index contributed by atoms with van der Waals surface area (Å²) < 4.78 is 0. The summed E-state index contributed by atoms with van der Waals surface area (Å²) in [5, 5.41) is 2.95. The first-order valence-electron chi connectivity index (χ1n) is 8.55. The van der Waals surface area contributed by atoms with Gasteiger partial charge in [0.25, 0.3) is 11.8 Å². The molecule has 6 nitrogen and oxygen atoms in total. The lowest BCUT2D eigenvalue weighted by molar-refractivity contribution is -0.136. The maximum Gasteiger partial charge on any atom is 0.317 e. The Morgan fingerprint density at radius 2 is 1.74 bits per heavy atom. The second-order valence-corrected chi connectivity index (χ2v) is 6.72. The number of nitrogens with one attached hydrogen (secondary N) is 1. The van der Waals surface area contributed by atoms with Crippen LogP contribution in [0.5, 0.6) is 0 Å². The number of nitrogens with zero attached hydrogens (tertiary/aromatic N) is 2. The number of unbranched alkanes of at least 4 members (excludes halogenated alkanes) is 3. The van der Waals surface area contributed by atoms with Gasteiger partial charge in [0.1, 0.15) is 0 Å². The third kappa shape index (κ3) is 4.81. The molecule has 23 heavy (non-hydrogen) atoms. The zero-order valence-corrected chi connectivity index (χ0v) is 14.1. The number of carbonyl (C=O) groups is 3. The molecule has 0 aromatic carbocycles. The van der Waals surface area contributed by atoms with Crippen LogP contribution in [0.1, 0.15) is 39.5 Å². The van der Waals surface area contributed by atoms with Crippen molar-refractivity contribution in [3.8, 4) is 0 Å². The van der Waals surface area contributed by atoms with Gasteiger partial charge in [0.15, 0.2) is 0 Å². The first-order chi connectivity index (χ1) is 11.0. The molecule has 1 saturated heterocycles. The summed E-state index contributed by atoms with van der Waals surface area (Å²) in [6, 6.07) is 0.0428. The molecule has 2 heterocycles. The lowest BCUT2D eigenvalue weighted by Gasteiger charge is -2.41. The van der Waals surface area contributed by atoms with Gasteiger partial charge in [0.2, 0.25) is 0 Å². The van der Waals surface area contributed by atoms with E-state index < -0.39 is 0 Å². The SMILES string of the molecule is CC(C)C1CN(C(=O)NCCCCCCN2C(=O)C=CC2=O)C1. The van der Waals surface area contributed by atoms with Crippen LogP contribution < -0.4 is 5.32 Å². The minimum absolute atomic E-state index is 0.0428. The molecule has 128 valence electrons. The summed E-state index contributed by atoms with van der Waals surface area (Å²) in [6.45, 7) is 7.30. The molecule has 6 heteroatoms. The Bertz CT molecular complexity index is 463. The molecule has 0 aromatic rings. The molecule has 2 rings (SSSR count). The molecule has 0 spiro atoms. The Balaban J connectivity index is 1.45. The van der Waals surface area contributed by atoms with Crippen molar-refractivity contribution < 1.29 is 14.4 Å². The van der Waals surface area contributed by atoms with Crippen molar-refractivity contribution in [1.29, 1.82) is 0 Å². The van der Waals surface area contributed by atoms with Gasteiger partial charge >= 0.3 is 6.03 Å². The average molecular weight is 321 g/mol. The highest BCUT2D eigenvalue weighted by molar-refractivity contribution is 6.12. The lowest BCUT2D eigenvalue weighted by Crippen LogP contribution is -2.55. The lowest BCUT2D eigenvalue weighted by atomic mass is 9.89. The predicted molar refractivity (Wildman–Crippen MR) is 87.6 cm³/mol. The van der Waals surface area contributed by atoms with E-state index >= 15 is 0 Å². The van der Waals surface area contributed by atoms with Gasteiger partial charge in [-0.1, -0.05) is 26.7 Å². The number of carbonyl (C=O) groups excluding carboxylic acids is 3. The maximum absolute atomic E-state index is 11.9. The van der Waals surface area contributed by atoms with Gasteiger partial charge in [-0.3, -0.25) is 14.5 Å². The van der Waals surface area contributed by atoms with Crippen LogP contribution in [0, 0.1) is 11.8 Å². The molecule has 2 aliphatic rings. The van der Waals surface area contributed by atoms with Gasteiger partial charge in [-0.25, -0.2) is 4.79 Å². The van der Waals surface area contributed by atoms with E-state index in [0.29, 0.717) is 24.9 Å². The summed E-state index contributed by atoms with van der Waals surface area (Å²) in [5.74, 6) is 0.864. The molecule has 4 amide bonds. The van der Waals surface area contributed by atoms with Crippen molar-refractivity contribution in [1.82, 2.24) is 15.1 Å². The number of hydrogen-bond acceptors (Lipinski definition) is 3. The van der Waals surface area contributed by atoms with E-state index in [-0.39, 0.29) is 17.8 Å². The Labute approximate surface area is 137 Å². The van der Waals surface area contributed by atoms with Crippen molar-refractivity contribution >= 4 is 17.8 Å². The fourth-order valence-electron chi connectivity index (χ4n) is 2.81. The second kappa shape index (κ2) is 8.13. The molecule has 1 N–H and O–H groups in total. The standard InChI is InChI=1S/C17H27N3O3/c1-13(2)14-11-19(12-14)17(23)18-9-5-3-4-6-10-20-15(21)7-8-16(20)22/h7-8,13-14H,3-6,9-12H2,1-2H3,(H,18,23). The van der Waals surface area contributed by atoms with Crippen molar-refractivity contribution in [2.45, 2.75) is 39.5 Å². The molecule has 0 aliphatic carbocycles. The second-order valence-electron chi connectivity index (χ2n) is 6.72. The van der Waals surface area contributed by atoms with Crippen LogP contribution in [0.25, 0.3) is 0 Å². The van der Waals surface area contributed by atoms with E-state index in [9.17, 15) is 14.4 Å². The first kappa shape index (κ1) is 17.5. The van der Waals surface area contributed by atoms with E-state index in [1.807, 2.05) is 4.90 Å². The number of likely N-dealkylation sites (tertiary alicyclic amines) is 1. The molecule has 0 unspecified atom stereocenters. The molecule has 0 saturated carbocycles. The number of amides is 4. The van der Waals surface area contributed by atoms with Crippen LogP contribution in [-0.2, 0) is 9.59 Å². The topological polar surface area (TPSA) is 69.7 Å². The fourth-order valence-corrected chi connectivity index (χ4v) is 2.81. The van der Waals surface area contributed by atoms with Crippen LogP contribution >= 0.6 is 0 Å². The van der Waals surface area contributed by atoms with Gasteiger partial charge in [-0.2, -0.15) is 0 Å². The quantitative estimate of drug-likeness (QED) is 0.547. The van der Waals surface area contributed by atoms with Crippen LogP contribution in [0.4, 0.5) is 4.79 Å². The van der Waals surface area contributed by atoms with Gasteiger partial charge in [0.05, 0.1) is 0 Å². The van der Waals surface area contributed by atoms with Gasteiger partial charge in [0, 0.05) is 38.3 Å². The molecular formula is C17H27N3O3. The van der Waals surface area contributed by atoms with Crippen LogP contribution in [-0.4, -0.2) is 53.8 Å². The third-order valence-corrected chi connectivity index (χ3v) is 4.63. The van der Waals surface area contributed by atoms with E-state index in [1.54, 1.807) is 0 Å². The van der Waals surface area contributed by atoms with Crippen molar-refractivity contribution in [2.75, 3.05) is 26.2 Å². The Kier molecular flexibility index (Phi) is 6.19. The Hall–Kier alpha value is -1.85. The van der Waals surface area contributed by atoms with E-state index in [4.69, 9.17) is 0 Å². The highest BCUT2D eigenvalue weighted by atomic mass is 16.2. The third-order valence-electron chi connectivity index (χ3n) is 4.63. The molecule has 0 radical (unpaired) electrons. The largest absolute Gasteiger partial charge is 0.338 e. The number of urea groups is 1. The van der Waals surface area contributed by atoms with Crippen molar-refractivity contribution in [2.24, 2.45) is 11.8 Å². The number of rotatable bonds is 8. The van der Waals surface area contributed by atoms with Crippen molar-refractivity contribution in [3.63, 3.8) is 0 Å². The summed E-state index contributed by atoms with van der Waals surface area (Å²) in [5.41, 5.74) is 0. The molecule has 0 atom stereocenters. The summed E-state index contributed by atoms with van der Waals surface area (Å²) in [4.78, 5) is 37.7. The Morgan fingerprint density at radius 1 is 1.13 bits per heavy atom. The van der Waals surface area contributed by atoms with Gasteiger partial charge in [-0.15, -0.1) is 0 Å². The minimum Gasteiger partial charge on any atom is -0.338 e. The highest BCUT2D eigenvalue weighted by Crippen LogP contribution is 2.22. The summed E-state index contributed by atoms with van der Waals surface area (Å²) >= 11 is 0. The number of hydrogen-bond donors (Lipinski definition) is 1. The van der Waals surface area contributed by atoms with E-state index in [1.165, 1.54) is 17.1 Å². The van der Waals surface area contributed by atoms with Crippen molar-refractivity contribution in [3.05, 3.63) is 12.2 Å². The number of imide groups is 1. The molecule has 0 bridgehead atoms. The molecule has 2 aliphatic heterocycles. The summed E-state index contributed by atoms with van der Waals surface area (Å²) in [6.07, 6.45) is 6.31. The van der Waals surface area contributed by atoms with Crippen LogP contribution in [0.3, 0.4) is 0 Å². The van der Waals surface area contributed by atoms with Crippen LogP contribution in [0.15, 0.2) is 12.2 Å². The average Bonchev–Trinajstić information content (AvgIpc) is 2.75. The maximum atomic E-state index is 11.9. The highest BCUT2D eigenvalue weighted by Gasteiger charge is 2.32. The van der Waals surface area contributed by atoms with Crippen LogP contribution in [0.2, 0.25) is 0 Å².